The van der Waals surface area contributed by atoms with E-state index in [0.29, 0.717) is 22.7 Å². The second-order valence-corrected chi connectivity index (χ2v) is 4.43. The number of nitriles is 1. The van der Waals surface area contributed by atoms with Crippen LogP contribution in [0.15, 0.2) is 42.5 Å². The number of carbonyl (C=O) groups is 1. The van der Waals surface area contributed by atoms with Gasteiger partial charge in [-0.25, -0.2) is 4.79 Å². The van der Waals surface area contributed by atoms with Gasteiger partial charge in [0.2, 0.25) is 0 Å². The fourth-order valence-electron chi connectivity index (χ4n) is 1.74. The predicted molar refractivity (Wildman–Crippen MR) is 80.5 cm³/mol. The van der Waals surface area contributed by atoms with E-state index in [9.17, 15) is 4.79 Å². The molecule has 2 amide bonds. The molecule has 21 heavy (non-hydrogen) atoms. The molecule has 0 fully saturated rings. The molecule has 0 aliphatic rings. The number of nitrogens with zero attached hydrogens (tertiary/aromatic N) is 1. The van der Waals surface area contributed by atoms with E-state index in [2.05, 4.69) is 16.7 Å². The molecular weight excluding hydrogens is 266 g/mol. The van der Waals surface area contributed by atoms with Gasteiger partial charge in [-0.1, -0.05) is 12.1 Å². The van der Waals surface area contributed by atoms with Crippen molar-refractivity contribution in [1.82, 2.24) is 5.32 Å². The Morgan fingerprint density at radius 3 is 2.76 bits per heavy atom. The summed E-state index contributed by atoms with van der Waals surface area (Å²) in [6, 6.07) is 14.1. The third kappa shape index (κ3) is 3.74. The van der Waals surface area contributed by atoms with Gasteiger partial charge < -0.3 is 15.4 Å². The first-order valence-corrected chi connectivity index (χ1v) is 6.40. The minimum absolute atomic E-state index is 0.295. The molecule has 2 aromatic rings. The van der Waals surface area contributed by atoms with Crippen LogP contribution in [0, 0.1) is 18.3 Å². The van der Waals surface area contributed by atoms with Gasteiger partial charge in [-0.2, -0.15) is 5.26 Å². The van der Waals surface area contributed by atoms with Crippen LogP contribution in [-0.4, -0.2) is 13.1 Å². The van der Waals surface area contributed by atoms with Gasteiger partial charge in [-0.15, -0.1) is 0 Å². The summed E-state index contributed by atoms with van der Waals surface area (Å²) in [5, 5.41) is 14.1. The van der Waals surface area contributed by atoms with Crippen molar-refractivity contribution in [1.29, 1.82) is 5.26 Å². The number of benzene rings is 2. The Labute approximate surface area is 123 Å². The summed E-state index contributed by atoms with van der Waals surface area (Å²) in [7, 11) is 1.55. The second kappa shape index (κ2) is 6.44. The molecule has 0 aliphatic carbocycles. The molecule has 0 bridgehead atoms. The van der Waals surface area contributed by atoms with E-state index in [-0.39, 0.29) is 6.03 Å². The van der Waals surface area contributed by atoms with E-state index >= 15 is 0 Å². The highest BCUT2D eigenvalue weighted by Gasteiger charge is 2.06. The highest BCUT2D eigenvalue weighted by molar-refractivity contribution is 5.89. The molecule has 2 N–H and O–H groups in total. The van der Waals surface area contributed by atoms with Crippen molar-refractivity contribution < 1.29 is 9.53 Å². The van der Waals surface area contributed by atoms with Crippen molar-refractivity contribution in [3.63, 3.8) is 0 Å². The lowest BCUT2D eigenvalue weighted by atomic mass is 10.2. The molecule has 5 nitrogen and oxygen atoms in total. The van der Waals surface area contributed by atoms with Crippen LogP contribution in [0.1, 0.15) is 11.1 Å². The maximum Gasteiger partial charge on any atom is 0.318 e. The summed E-state index contributed by atoms with van der Waals surface area (Å²) < 4.78 is 5.78. The smallest absolute Gasteiger partial charge is 0.318 e. The number of nitrogens with one attached hydrogen (secondary N) is 2. The minimum atomic E-state index is -0.295. The van der Waals surface area contributed by atoms with E-state index in [1.54, 1.807) is 43.4 Å². The van der Waals surface area contributed by atoms with Crippen LogP contribution in [0.4, 0.5) is 10.5 Å². The molecule has 0 saturated carbocycles. The Kier molecular flexibility index (Phi) is 4.42. The average Bonchev–Trinajstić information content (AvgIpc) is 2.50. The van der Waals surface area contributed by atoms with Gasteiger partial charge in [0.15, 0.2) is 0 Å². The molecule has 5 heteroatoms. The van der Waals surface area contributed by atoms with Gasteiger partial charge in [0.05, 0.1) is 11.6 Å². The van der Waals surface area contributed by atoms with Gasteiger partial charge in [0, 0.05) is 18.8 Å². The van der Waals surface area contributed by atoms with Gasteiger partial charge in [-0.05, 0) is 36.8 Å². The summed E-state index contributed by atoms with van der Waals surface area (Å²) in [4.78, 5) is 11.3. The van der Waals surface area contributed by atoms with Crippen LogP contribution in [-0.2, 0) is 0 Å². The number of rotatable bonds is 3. The largest absolute Gasteiger partial charge is 0.457 e. The molecule has 2 rings (SSSR count). The summed E-state index contributed by atoms with van der Waals surface area (Å²) in [5.74, 6) is 1.20. The molecule has 2 aromatic carbocycles. The molecule has 0 aliphatic heterocycles. The molecule has 0 atom stereocenters. The van der Waals surface area contributed by atoms with Crippen LogP contribution >= 0.6 is 0 Å². The first-order chi connectivity index (χ1) is 10.1. The number of hydrogen-bond acceptors (Lipinski definition) is 3. The van der Waals surface area contributed by atoms with Crippen LogP contribution in [0.5, 0.6) is 11.5 Å². The number of aryl methyl sites for hydroxylation is 1. The molecular formula is C16H15N3O2. The Bertz CT molecular complexity index is 705. The average molecular weight is 281 g/mol. The van der Waals surface area contributed by atoms with Crippen LogP contribution in [0.3, 0.4) is 0 Å². The van der Waals surface area contributed by atoms with Crippen molar-refractivity contribution in [3.8, 4) is 17.6 Å². The number of anilines is 1. The zero-order valence-corrected chi connectivity index (χ0v) is 11.8. The minimum Gasteiger partial charge on any atom is -0.457 e. The first-order valence-electron chi connectivity index (χ1n) is 6.40. The van der Waals surface area contributed by atoms with Crippen molar-refractivity contribution >= 4 is 11.7 Å². The lowest BCUT2D eigenvalue weighted by Crippen LogP contribution is -2.24. The van der Waals surface area contributed by atoms with E-state index < -0.39 is 0 Å². The molecule has 0 radical (unpaired) electrons. The third-order valence-corrected chi connectivity index (χ3v) is 2.86. The Balaban J connectivity index is 2.24. The summed E-state index contributed by atoms with van der Waals surface area (Å²) in [6.07, 6.45) is 0. The number of urea groups is 1. The standard InChI is InChI=1S/C16H15N3O2/c1-11-6-7-13(19-16(20)18-2)9-15(11)21-14-5-3-4-12(8-14)10-17/h3-9H,1-2H3,(H2,18,19,20). The number of amides is 2. The topological polar surface area (TPSA) is 74.2 Å². The third-order valence-electron chi connectivity index (χ3n) is 2.86. The van der Waals surface area contributed by atoms with Crippen molar-refractivity contribution in [2.75, 3.05) is 12.4 Å². The van der Waals surface area contributed by atoms with Gasteiger partial charge in [-0.3, -0.25) is 0 Å². The highest BCUT2D eigenvalue weighted by Crippen LogP contribution is 2.28. The Morgan fingerprint density at radius 1 is 1.24 bits per heavy atom. The normalized spacial score (nSPS) is 9.57. The highest BCUT2D eigenvalue weighted by atomic mass is 16.5. The first kappa shape index (κ1) is 14.4. The molecule has 0 heterocycles. The lowest BCUT2D eigenvalue weighted by molar-refractivity contribution is 0.254. The molecule has 0 aromatic heterocycles. The van der Waals surface area contributed by atoms with E-state index in [4.69, 9.17) is 10.00 Å². The molecule has 0 saturated heterocycles. The zero-order chi connectivity index (χ0) is 15.2. The zero-order valence-electron chi connectivity index (χ0n) is 11.8. The second-order valence-electron chi connectivity index (χ2n) is 4.43. The van der Waals surface area contributed by atoms with Crippen molar-refractivity contribution in [3.05, 3.63) is 53.6 Å². The Hall–Kier alpha value is -3.00. The predicted octanol–water partition coefficient (Wildman–Crippen LogP) is 3.41. The summed E-state index contributed by atoms with van der Waals surface area (Å²) in [6.45, 7) is 1.91. The number of hydrogen-bond donors (Lipinski definition) is 2. The summed E-state index contributed by atoms with van der Waals surface area (Å²) >= 11 is 0. The number of carbonyl (C=O) groups excluding carboxylic acids is 1. The molecule has 0 spiro atoms. The lowest BCUT2D eigenvalue weighted by Gasteiger charge is -2.11. The van der Waals surface area contributed by atoms with Crippen LogP contribution in [0.2, 0.25) is 0 Å². The van der Waals surface area contributed by atoms with E-state index in [0.717, 1.165) is 5.56 Å². The Morgan fingerprint density at radius 2 is 2.05 bits per heavy atom. The van der Waals surface area contributed by atoms with Crippen molar-refractivity contribution in [2.24, 2.45) is 0 Å². The number of ether oxygens (including phenoxy) is 1. The van der Waals surface area contributed by atoms with E-state index in [1.165, 1.54) is 0 Å². The van der Waals surface area contributed by atoms with Gasteiger partial charge >= 0.3 is 6.03 Å². The van der Waals surface area contributed by atoms with Gasteiger partial charge in [0.1, 0.15) is 11.5 Å². The summed E-state index contributed by atoms with van der Waals surface area (Å²) in [5.41, 5.74) is 2.09. The fourth-order valence-corrected chi connectivity index (χ4v) is 1.74. The monoisotopic (exact) mass is 281 g/mol. The fraction of sp³-hybridized carbons (Fsp3) is 0.125. The van der Waals surface area contributed by atoms with Crippen LogP contribution < -0.4 is 15.4 Å². The van der Waals surface area contributed by atoms with E-state index in [1.807, 2.05) is 13.0 Å². The van der Waals surface area contributed by atoms with Gasteiger partial charge in [0.25, 0.3) is 0 Å². The maximum atomic E-state index is 11.3. The molecule has 0 unspecified atom stereocenters. The quantitative estimate of drug-likeness (QED) is 0.905. The molecule has 106 valence electrons. The SMILES string of the molecule is CNC(=O)Nc1ccc(C)c(Oc2cccc(C#N)c2)c1. The maximum absolute atomic E-state index is 11.3. The van der Waals surface area contributed by atoms with Crippen molar-refractivity contribution in [2.45, 2.75) is 6.92 Å². The van der Waals surface area contributed by atoms with Crippen LogP contribution in [0.25, 0.3) is 0 Å².